The van der Waals surface area contributed by atoms with Gasteiger partial charge >= 0.3 is 5.97 Å². The van der Waals surface area contributed by atoms with Gasteiger partial charge in [0.25, 0.3) is 0 Å². The molecular weight excluding hydrogens is 373 g/mol. The van der Waals surface area contributed by atoms with E-state index in [4.69, 9.17) is 10.5 Å². The van der Waals surface area contributed by atoms with Gasteiger partial charge in [-0.3, -0.25) is 0 Å². The normalized spacial score (nSPS) is 10.5. The Morgan fingerprint density at radius 1 is 1.42 bits per heavy atom. The molecule has 0 amide bonds. The molecule has 0 unspecified atom stereocenters. The topological polar surface area (TPSA) is 52.3 Å². The van der Waals surface area contributed by atoms with Gasteiger partial charge in [-0.1, -0.05) is 25.1 Å². The summed E-state index contributed by atoms with van der Waals surface area (Å²) in [6.07, 6.45) is 0.791. The number of hydrogen-bond acceptors (Lipinski definition) is 4. The van der Waals surface area contributed by atoms with Gasteiger partial charge in [-0.25, -0.2) is 4.79 Å². The van der Waals surface area contributed by atoms with Crippen LogP contribution in [0.2, 0.25) is 0 Å². The maximum absolute atomic E-state index is 11.7. The summed E-state index contributed by atoms with van der Waals surface area (Å²) in [6.45, 7) is 2.04. The fourth-order valence-corrected chi connectivity index (χ4v) is 4.05. The molecule has 5 heteroatoms. The first-order chi connectivity index (χ1) is 9.10. The average Bonchev–Trinajstić information content (AvgIpc) is 2.75. The molecule has 0 bridgehead atoms. The van der Waals surface area contributed by atoms with E-state index in [1.807, 2.05) is 31.2 Å². The Balaban J connectivity index is 2.64. The van der Waals surface area contributed by atoms with Crippen LogP contribution in [0.25, 0.3) is 10.4 Å². The van der Waals surface area contributed by atoms with Crippen molar-refractivity contribution >= 4 is 45.6 Å². The molecule has 2 rings (SSSR count). The number of nitrogens with two attached hydrogens (primary N) is 1. The molecule has 100 valence electrons. The number of benzene rings is 1. The second-order valence-corrected chi connectivity index (χ2v) is 6.16. The van der Waals surface area contributed by atoms with Crippen LogP contribution < -0.4 is 5.73 Å². The fraction of sp³-hybridized carbons (Fsp3) is 0.214. The van der Waals surface area contributed by atoms with E-state index in [0.717, 1.165) is 26.0 Å². The van der Waals surface area contributed by atoms with E-state index in [-0.39, 0.29) is 5.97 Å². The van der Waals surface area contributed by atoms with Crippen molar-refractivity contribution in [2.24, 2.45) is 0 Å². The van der Waals surface area contributed by atoms with E-state index in [9.17, 15) is 4.79 Å². The van der Waals surface area contributed by atoms with Crippen molar-refractivity contribution in [3.63, 3.8) is 0 Å². The Morgan fingerprint density at radius 2 is 2.11 bits per heavy atom. The van der Waals surface area contributed by atoms with Gasteiger partial charge < -0.3 is 10.5 Å². The molecule has 0 aliphatic heterocycles. The smallest absolute Gasteiger partial charge is 0.350 e. The van der Waals surface area contributed by atoms with Gasteiger partial charge in [0, 0.05) is 14.0 Å². The van der Waals surface area contributed by atoms with Crippen LogP contribution in [-0.2, 0) is 11.2 Å². The number of rotatable bonds is 3. The van der Waals surface area contributed by atoms with Crippen LogP contribution in [0.15, 0.2) is 24.3 Å². The van der Waals surface area contributed by atoms with Crippen molar-refractivity contribution in [2.45, 2.75) is 13.3 Å². The van der Waals surface area contributed by atoms with Gasteiger partial charge in [0.2, 0.25) is 0 Å². The Kier molecular flexibility index (Phi) is 4.46. The monoisotopic (exact) mass is 387 g/mol. The maximum Gasteiger partial charge on any atom is 0.350 e. The highest BCUT2D eigenvalue weighted by atomic mass is 127. The van der Waals surface area contributed by atoms with Crippen molar-refractivity contribution < 1.29 is 9.53 Å². The molecule has 3 nitrogen and oxygen atoms in total. The minimum absolute atomic E-state index is 0.366. The molecule has 19 heavy (non-hydrogen) atoms. The summed E-state index contributed by atoms with van der Waals surface area (Å²) >= 11 is 3.70. The second kappa shape index (κ2) is 5.92. The predicted octanol–water partition coefficient (Wildman–Crippen LogP) is 3.95. The molecule has 0 aliphatic carbocycles. The first kappa shape index (κ1) is 14.3. The quantitative estimate of drug-likeness (QED) is 0.641. The molecule has 0 spiro atoms. The van der Waals surface area contributed by atoms with Gasteiger partial charge in [-0.2, -0.15) is 0 Å². The molecule has 0 saturated heterocycles. The zero-order chi connectivity index (χ0) is 14.0. The molecule has 0 saturated carbocycles. The van der Waals surface area contributed by atoms with E-state index < -0.39 is 0 Å². The highest BCUT2D eigenvalue weighted by molar-refractivity contribution is 14.1. The number of nitrogen functional groups attached to an aromatic ring is 1. The number of anilines is 1. The maximum atomic E-state index is 11.7. The number of hydrogen-bond donors (Lipinski definition) is 1. The molecule has 1 heterocycles. The van der Waals surface area contributed by atoms with Crippen molar-refractivity contribution in [2.75, 3.05) is 12.8 Å². The van der Waals surface area contributed by atoms with Gasteiger partial charge in [0.1, 0.15) is 4.88 Å². The standard InChI is InChI=1S/C14H14INO2S/c1-3-8-11(16)13(14(17)18-2)19-12(8)9-6-4-5-7-10(9)15/h4-7H,3,16H2,1-2H3. The molecule has 0 radical (unpaired) electrons. The van der Waals surface area contributed by atoms with Crippen LogP contribution in [0.4, 0.5) is 5.69 Å². The molecule has 1 aromatic carbocycles. The summed E-state index contributed by atoms with van der Waals surface area (Å²) in [5, 5.41) is 0. The van der Waals surface area contributed by atoms with Gasteiger partial charge in [-0.15, -0.1) is 11.3 Å². The van der Waals surface area contributed by atoms with Crippen molar-refractivity contribution in [1.29, 1.82) is 0 Å². The lowest BCUT2D eigenvalue weighted by molar-refractivity contribution is 0.0607. The lowest BCUT2D eigenvalue weighted by atomic mass is 10.1. The van der Waals surface area contributed by atoms with Gasteiger partial charge in [0.15, 0.2) is 0 Å². The molecule has 2 N–H and O–H groups in total. The fourth-order valence-electron chi connectivity index (χ4n) is 1.94. The minimum Gasteiger partial charge on any atom is -0.465 e. The number of methoxy groups -OCH3 is 1. The summed E-state index contributed by atoms with van der Waals surface area (Å²) < 4.78 is 5.93. The van der Waals surface area contributed by atoms with E-state index in [1.54, 1.807) is 0 Å². The molecule has 1 aromatic heterocycles. The number of ether oxygens (including phenoxy) is 1. The van der Waals surface area contributed by atoms with Crippen LogP contribution in [0, 0.1) is 3.57 Å². The molecule has 0 aliphatic rings. The predicted molar refractivity (Wildman–Crippen MR) is 87.6 cm³/mol. The van der Waals surface area contributed by atoms with Crippen molar-refractivity contribution in [1.82, 2.24) is 0 Å². The van der Waals surface area contributed by atoms with Gasteiger partial charge in [-0.05, 0) is 40.6 Å². The molecular formula is C14H14INO2S. The van der Waals surface area contributed by atoms with Crippen LogP contribution in [0.5, 0.6) is 0 Å². The number of esters is 1. The number of carbonyl (C=O) groups is 1. The third-order valence-electron chi connectivity index (χ3n) is 2.89. The van der Waals surface area contributed by atoms with Crippen LogP contribution >= 0.6 is 33.9 Å². The Hall–Kier alpha value is -1.08. The van der Waals surface area contributed by atoms with E-state index in [2.05, 4.69) is 22.6 Å². The highest BCUT2D eigenvalue weighted by Crippen LogP contribution is 2.40. The number of halogens is 1. The summed E-state index contributed by atoms with van der Waals surface area (Å²) in [5.74, 6) is -0.366. The van der Waals surface area contributed by atoms with Crippen molar-refractivity contribution in [3.8, 4) is 10.4 Å². The first-order valence-corrected chi connectivity index (χ1v) is 7.74. The zero-order valence-corrected chi connectivity index (χ0v) is 13.7. The molecule has 2 aromatic rings. The number of thiophene rings is 1. The lowest BCUT2D eigenvalue weighted by Gasteiger charge is -2.04. The Morgan fingerprint density at radius 3 is 2.68 bits per heavy atom. The molecule has 0 atom stereocenters. The van der Waals surface area contributed by atoms with Crippen LogP contribution in [0.3, 0.4) is 0 Å². The number of carbonyl (C=O) groups excluding carboxylic acids is 1. The highest BCUT2D eigenvalue weighted by Gasteiger charge is 2.22. The largest absolute Gasteiger partial charge is 0.465 e. The second-order valence-electron chi connectivity index (χ2n) is 3.98. The lowest BCUT2D eigenvalue weighted by Crippen LogP contribution is -2.02. The zero-order valence-electron chi connectivity index (χ0n) is 10.7. The Bertz CT molecular complexity index is 622. The third-order valence-corrected chi connectivity index (χ3v) is 5.09. The van der Waals surface area contributed by atoms with Crippen molar-refractivity contribution in [3.05, 3.63) is 38.3 Å². The van der Waals surface area contributed by atoms with E-state index in [1.165, 1.54) is 18.4 Å². The van der Waals surface area contributed by atoms with Crippen LogP contribution in [0.1, 0.15) is 22.2 Å². The SMILES string of the molecule is CCc1c(-c2ccccc2I)sc(C(=O)OC)c1N. The van der Waals surface area contributed by atoms with Gasteiger partial charge in [0.05, 0.1) is 12.8 Å². The summed E-state index contributed by atoms with van der Waals surface area (Å²) in [4.78, 5) is 13.3. The Labute approximate surface area is 129 Å². The average molecular weight is 387 g/mol. The van der Waals surface area contributed by atoms with Crippen LogP contribution in [-0.4, -0.2) is 13.1 Å². The summed E-state index contributed by atoms with van der Waals surface area (Å²) in [6, 6.07) is 8.08. The minimum atomic E-state index is -0.366. The van der Waals surface area contributed by atoms with E-state index >= 15 is 0 Å². The summed E-state index contributed by atoms with van der Waals surface area (Å²) in [5.41, 5.74) is 8.78. The first-order valence-electron chi connectivity index (χ1n) is 5.84. The third kappa shape index (κ3) is 2.62. The summed E-state index contributed by atoms with van der Waals surface area (Å²) in [7, 11) is 1.37. The van der Waals surface area contributed by atoms with E-state index in [0.29, 0.717) is 10.6 Å². The molecule has 0 fully saturated rings.